The molecule has 0 spiro atoms. The topological polar surface area (TPSA) is 77.0 Å². The Morgan fingerprint density at radius 1 is 0.698 bits per heavy atom. The fourth-order valence-electron chi connectivity index (χ4n) is 6.99. The van der Waals surface area contributed by atoms with Gasteiger partial charge in [0, 0.05) is 5.92 Å². The number of nitrogens with one attached hydrogen (secondary N) is 1. The van der Waals surface area contributed by atoms with Gasteiger partial charge in [0.25, 0.3) is 0 Å². The zero-order chi connectivity index (χ0) is 39.3. The molecule has 2 N–H and O–H groups in total. The van der Waals surface area contributed by atoms with Crippen molar-refractivity contribution in [1.29, 1.82) is 0 Å². The number of fused-ring (bicyclic) bond motifs is 3. The number of aliphatic hydroxyl groups is 1. The number of unbranched alkanes of at least 4 members (excludes halogenated alkanes) is 11. The van der Waals surface area contributed by atoms with Crippen LogP contribution in [0.2, 0.25) is 36.3 Å². The van der Waals surface area contributed by atoms with Gasteiger partial charge in [-0.3, -0.25) is 0 Å². The average Bonchev–Trinajstić information content (AvgIpc) is 3.41. The molecule has 1 aliphatic carbocycles. The number of amides is 1. The van der Waals surface area contributed by atoms with Crippen LogP contribution in [-0.2, 0) is 13.6 Å². The van der Waals surface area contributed by atoms with E-state index in [0.29, 0.717) is 0 Å². The maximum absolute atomic E-state index is 13.7. The van der Waals surface area contributed by atoms with Crippen LogP contribution in [0.1, 0.15) is 149 Å². The Hall–Kier alpha value is -1.98. The quantitative estimate of drug-likeness (QED) is 0.0870. The Bertz CT molecular complexity index is 1340. The van der Waals surface area contributed by atoms with Crippen LogP contribution in [0.3, 0.4) is 0 Å². The van der Waals surface area contributed by atoms with Gasteiger partial charge in [0.2, 0.25) is 0 Å². The molecule has 0 bridgehead atoms. The number of aliphatic hydroxyl groups excluding tert-OH is 1. The van der Waals surface area contributed by atoms with Gasteiger partial charge in [-0.2, -0.15) is 0 Å². The van der Waals surface area contributed by atoms with Crippen molar-refractivity contribution in [3.05, 3.63) is 59.7 Å². The van der Waals surface area contributed by atoms with Gasteiger partial charge in [-0.1, -0.05) is 174 Å². The summed E-state index contributed by atoms with van der Waals surface area (Å²) >= 11 is 0. The number of alkyl carbamates (subject to hydrolysis) is 1. The lowest BCUT2D eigenvalue weighted by Crippen LogP contribution is -2.60. The lowest BCUT2D eigenvalue weighted by Gasteiger charge is -2.47. The molecule has 0 fully saturated rings. The van der Waals surface area contributed by atoms with Gasteiger partial charge in [-0.15, -0.1) is 0 Å². The van der Waals surface area contributed by atoms with E-state index in [1.807, 2.05) is 12.1 Å². The molecule has 0 aliphatic heterocycles. The molecule has 2 aromatic rings. The van der Waals surface area contributed by atoms with E-state index in [4.69, 9.17) is 13.6 Å². The fraction of sp³-hybridized carbons (Fsp3) is 0.711. The summed E-state index contributed by atoms with van der Waals surface area (Å²) in [6.07, 6.45) is 15.0. The lowest BCUT2D eigenvalue weighted by molar-refractivity contribution is -0.00689. The van der Waals surface area contributed by atoms with Crippen molar-refractivity contribution < 1.29 is 23.5 Å². The molecule has 1 amide bonds. The Morgan fingerprint density at radius 3 is 1.58 bits per heavy atom. The van der Waals surface area contributed by atoms with Gasteiger partial charge in [0.05, 0.1) is 24.9 Å². The normalized spacial score (nSPS) is 15.5. The van der Waals surface area contributed by atoms with Gasteiger partial charge in [0.1, 0.15) is 6.61 Å². The van der Waals surface area contributed by atoms with Crippen LogP contribution in [0.4, 0.5) is 4.79 Å². The first-order valence-corrected chi connectivity index (χ1v) is 26.8. The maximum Gasteiger partial charge on any atom is 0.407 e. The number of hydrogen-bond acceptors (Lipinski definition) is 5. The molecule has 3 rings (SSSR count). The Morgan fingerprint density at radius 2 is 1.13 bits per heavy atom. The third-order valence-electron chi connectivity index (χ3n) is 12.4. The number of rotatable bonds is 23. The summed E-state index contributed by atoms with van der Waals surface area (Å²) in [4.78, 5) is 13.7. The third kappa shape index (κ3) is 13.3. The lowest BCUT2D eigenvalue weighted by atomic mass is 9.98. The molecule has 3 atom stereocenters. The number of benzene rings is 2. The molecular weight excluding hydrogens is 691 g/mol. The molecule has 1 aliphatic rings. The molecule has 0 radical (unpaired) electrons. The van der Waals surface area contributed by atoms with Crippen LogP contribution in [0.5, 0.6) is 0 Å². The van der Waals surface area contributed by atoms with Crippen molar-refractivity contribution in [1.82, 2.24) is 5.32 Å². The highest BCUT2D eigenvalue weighted by atomic mass is 28.4. The van der Waals surface area contributed by atoms with Crippen LogP contribution in [-0.4, -0.2) is 59.3 Å². The molecule has 2 aromatic carbocycles. The van der Waals surface area contributed by atoms with Gasteiger partial charge in [-0.05, 0) is 64.9 Å². The van der Waals surface area contributed by atoms with Gasteiger partial charge >= 0.3 is 6.09 Å². The van der Waals surface area contributed by atoms with Crippen molar-refractivity contribution in [3.8, 4) is 11.1 Å². The number of carbonyl (C=O) groups excluding carboxylic acids is 1. The standard InChI is InChI=1S/C45H77NO5Si2/c1-12-13-14-15-16-17-18-19-20-21-22-23-32-41(50-52(8,9)44(2,3)4)42(51-53(10,11)45(5,6)7)40(33-47)46-43(48)49-34-39-37-30-26-24-28-35(37)36-29-25-27-31-38(36)39/h24-31,39-42,47H,12-23,32-34H2,1-11H3,(H,46,48)/t40-,41+,42+/m0/s1. The summed E-state index contributed by atoms with van der Waals surface area (Å²) in [5.41, 5.74) is 4.72. The summed E-state index contributed by atoms with van der Waals surface area (Å²) < 4.78 is 20.4. The van der Waals surface area contributed by atoms with E-state index in [-0.39, 0.29) is 35.3 Å². The van der Waals surface area contributed by atoms with Crippen molar-refractivity contribution in [2.45, 2.75) is 192 Å². The predicted octanol–water partition coefficient (Wildman–Crippen LogP) is 12.8. The molecule has 0 saturated carbocycles. The summed E-state index contributed by atoms with van der Waals surface area (Å²) in [5.74, 6) is -0.0412. The molecule has 300 valence electrons. The largest absolute Gasteiger partial charge is 0.449 e. The second kappa shape index (κ2) is 20.8. The van der Waals surface area contributed by atoms with Crippen LogP contribution >= 0.6 is 0 Å². The first-order valence-electron chi connectivity index (χ1n) is 21.0. The second-order valence-electron chi connectivity index (χ2n) is 18.7. The Balaban J connectivity index is 1.75. The molecule has 0 heterocycles. The average molecular weight is 768 g/mol. The number of hydrogen-bond donors (Lipinski definition) is 2. The van der Waals surface area contributed by atoms with Crippen LogP contribution in [0.15, 0.2) is 48.5 Å². The van der Waals surface area contributed by atoms with E-state index in [9.17, 15) is 9.90 Å². The summed E-state index contributed by atoms with van der Waals surface area (Å²) in [6.45, 7) is 24.8. The molecule has 0 unspecified atom stereocenters. The monoisotopic (exact) mass is 768 g/mol. The van der Waals surface area contributed by atoms with E-state index < -0.39 is 34.9 Å². The van der Waals surface area contributed by atoms with Crippen LogP contribution in [0, 0.1) is 0 Å². The minimum Gasteiger partial charge on any atom is -0.449 e. The maximum atomic E-state index is 13.7. The summed E-state index contributed by atoms with van der Waals surface area (Å²) in [7, 11) is -4.60. The third-order valence-corrected chi connectivity index (χ3v) is 21.4. The Labute approximate surface area is 326 Å². The van der Waals surface area contributed by atoms with Gasteiger partial charge < -0.3 is 24.0 Å². The first kappa shape index (κ1) is 45.4. The van der Waals surface area contributed by atoms with Crippen molar-refractivity contribution in [2.75, 3.05) is 13.2 Å². The van der Waals surface area contributed by atoms with E-state index in [1.54, 1.807) is 0 Å². The van der Waals surface area contributed by atoms with E-state index in [2.05, 4.69) is 116 Å². The van der Waals surface area contributed by atoms with Gasteiger partial charge in [-0.25, -0.2) is 4.79 Å². The van der Waals surface area contributed by atoms with Crippen LogP contribution in [0.25, 0.3) is 11.1 Å². The summed E-state index contributed by atoms with van der Waals surface area (Å²) in [6, 6.07) is 16.0. The van der Waals surface area contributed by atoms with Crippen molar-refractivity contribution >= 4 is 22.7 Å². The minimum atomic E-state index is -2.35. The van der Waals surface area contributed by atoms with Crippen LogP contribution < -0.4 is 5.32 Å². The Kier molecular flexibility index (Phi) is 17.8. The molecule has 6 nitrogen and oxygen atoms in total. The highest BCUT2D eigenvalue weighted by Crippen LogP contribution is 2.45. The highest BCUT2D eigenvalue weighted by Gasteiger charge is 2.47. The highest BCUT2D eigenvalue weighted by molar-refractivity contribution is 6.74. The molecule has 0 saturated heterocycles. The second-order valence-corrected chi connectivity index (χ2v) is 28.2. The molecule has 0 aromatic heterocycles. The van der Waals surface area contributed by atoms with Gasteiger partial charge in [0.15, 0.2) is 16.6 Å². The van der Waals surface area contributed by atoms with Crippen molar-refractivity contribution in [3.63, 3.8) is 0 Å². The smallest absolute Gasteiger partial charge is 0.407 e. The van der Waals surface area contributed by atoms with E-state index >= 15 is 0 Å². The van der Waals surface area contributed by atoms with E-state index in [0.717, 1.165) is 19.3 Å². The first-order chi connectivity index (χ1) is 24.9. The molecular formula is C45H77NO5Si2. The zero-order valence-electron chi connectivity index (χ0n) is 35.6. The number of carbonyl (C=O) groups is 1. The molecule has 8 heteroatoms. The predicted molar refractivity (Wildman–Crippen MR) is 229 cm³/mol. The summed E-state index contributed by atoms with van der Waals surface area (Å²) in [5, 5.41) is 14.0. The SMILES string of the molecule is CCCCCCCCCCCCCC[C@@H](O[Si](C)(C)C(C)(C)C)[C@H](O[Si](C)(C)C(C)(C)C)[C@H](CO)NC(=O)OCC1c2ccccc2-c2ccccc21. The van der Waals surface area contributed by atoms with Crippen molar-refractivity contribution in [2.24, 2.45) is 0 Å². The van der Waals surface area contributed by atoms with E-state index in [1.165, 1.54) is 86.5 Å². The zero-order valence-corrected chi connectivity index (χ0v) is 37.6. The number of ether oxygens (including phenoxy) is 1. The molecule has 53 heavy (non-hydrogen) atoms. The fourth-order valence-corrected chi connectivity index (χ4v) is 9.70. The minimum absolute atomic E-state index is 0.00174.